The Hall–Kier alpha value is -2.92. The van der Waals surface area contributed by atoms with E-state index in [4.69, 9.17) is 0 Å². The van der Waals surface area contributed by atoms with Crippen molar-refractivity contribution in [1.82, 2.24) is 9.97 Å². The average Bonchev–Trinajstić information content (AvgIpc) is 2.70. The summed E-state index contributed by atoms with van der Waals surface area (Å²) in [5.41, 5.74) is 2.95. The van der Waals surface area contributed by atoms with Crippen LogP contribution in [-0.2, 0) is 6.42 Å². The van der Waals surface area contributed by atoms with E-state index in [0.717, 1.165) is 18.4 Å². The van der Waals surface area contributed by atoms with Crippen LogP contribution in [0, 0.1) is 11.6 Å². The number of aliphatic hydroxyl groups is 1. The van der Waals surface area contributed by atoms with E-state index in [0.29, 0.717) is 23.9 Å². The van der Waals surface area contributed by atoms with Crippen LogP contribution in [0.3, 0.4) is 0 Å². The molecule has 2 aromatic carbocycles. The molecule has 1 heterocycles. The maximum Gasteiger partial charge on any atom is 0.168 e. The highest BCUT2D eigenvalue weighted by atomic mass is 19.2. The summed E-state index contributed by atoms with van der Waals surface area (Å²) in [5, 5.41) is 9.24. The molecule has 3 rings (SSSR count). The van der Waals surface area contributed by atoms with E-state index in [9.17, 15) is 13.9 Å². The summed E-state index contributed by atoms with van der Waals surface area (Å²) in [5.74, 6) is -1.84. The number of benzene rings is 2. The minimum Gasteiger partial charge on any atom is -0.393 e. The van der Waals surface area contributed by atoms with Gasteiger partial charge in [0.15, 0.2) is 11.6 Å². The van der Waals surface area contributed by atoms with Crippen LogP contribution in [0.5, 0.6) is 0 Å². The molecule has 29 heavy (non-hydrogen) atoms. The van der Waals surface area contributed by atoms with Gasteiger partial charge in [0.1, 0.15) is 0 Å². The fourth-order valence-corrected chi connectivity index (χ4v) is 3.11. The SMILES string of the molecule is C=CCc1ccc2nc(-c3ccc(C=CCCCC(C)O)c(F)c3F)cnc2c1. The van der Waals surface area contributed by atoms with Crippen molar-refractivity contribution in [1.29, 1.82) is 0 Å². The van der Waals surface area contributed by atoms with Crippen molar-refractivity contribution in [2.75, 3.05) is 0 Å². The van der Waals surface area contributed by atoms with Crippen molar-refractivity contribution in [3.05, 3.63) is 78.0 Å². The normalized spacial score (nSPS) is 12.6. The molecule has 0 fully saturated rings. The highest BCUT2D eigenvalue weighted by Crippen LogP contribution is 2.27. The van der Waals surface area contributed by atoms with E-state index in [1.54, 1.807) is 19.1 Å². The van der Waals surface area contributed by atoms with Crippen molar-refractivity contribution in [3.8, 4) is 11.3 Å². The van der Waals surface area contributed by atoms with Crippen LogP contribution in [0.2, 0.25) is 0 Å². The molecule has 1 aromatic heterocycles. The maximum atomic E-state index is 14.7. The molecule has 0 aliphatic carbocycles. The number of nitrogens with zero attached hydrogens (tertiary/aromatic N) is 2. The molecule has 1 atom stereocenters. The summed E-state index contributed by atoms with van der Waals surface area (Å²) in [6.45, 7) is 5.45. The summed E-state index contributed by atoms with van der Waals surface area (Å²) in [4.78, 5) is 8.80. The number of aromatic nitrogens is 2. The fourth-order valence-electron chi connectivity index (χ4n) is 3.11. The Bertz CT molecular complexity index is 1040. The Labute approximate surface area is 169 Å². The molecule has 150 valence electrons. The van der Waals surface area contributed by atoms with E-state index in [2.05, 4.69) is 16.5 Å². The van der Waals surface area contributed by atoms with Crippen molar-refractivity contribution in [2.24, 2.45) is 0 Å². The van der Waals surface area contributed by atoms with Crippen molar-refractivity contribution in [3.63, 3.8) is 0 Å². The third-order valence-electron chi connectivity index (χ3n) is 4.66. The molecule has 0 saturated heterocycles. The molecule has 0 aliphatic rings. The van der Waals surface area contributed by atoms with Crippen LogP contribution in [0.1, 0.15) is 37.3 Å². The van der Waals surface area contributed by atoms with E-state index >= 15 is 0 Å². The second kappa shape index (κ2) is 9.52. The zero-order chi connectivity index (χ0) is 20.8. The minimum atomic E-state index is -0.937. The van der Waals surface area contributed by atoms with Crippen LogP contribution < -0.4 is 0 Å². The lowest BCUT2D eigenvalue weighted by molar-refractivity contribution is 0.182. The van der Waals surface area contributed by atoms with Crippen LogP contribution in [-0.4, -0.2) is 21.2 Å². The van der Waals surface area contributed by atoms with Gasteiger partial charge in [0, 0.05) is 11.1 Å². The first-order valence-electron chi connectivity index (χ1n) is 9.69. The van der Waals surface area contributed by atoms with Gasteiger partial charge in [-0.3, -0.25) is 4.98 Å². The van der Waals surface area contributed by atoms with Gasteiger partial charge in [-0.25, -0.2) is 13.8 Å². The molecule has 0 aliphatic heterocycles. The van der Waals surface area contributed by atoms with Gasteiger partial charge < -0.3 is 5.11 Å². The second-order valence-electron chi connectivity index (χ2n) is 7.08. The summed E-state index contributed by atoms with van der Waals surface area (Å²) >= 11 is 0. The Morgan fingerprint density at radius 3 is 2.72 bits per heavy atom. The lowest BCUT2D eigenvalue weighted by Crippen LogP contribution is -1.98. The zero-order valence-corrected chi connectivity index (χ0v) is 16.4. The second-order valence-corrected chi connectivity index (χ2v) is 7.08. The maximum absolute atomic E-state index is 14.7. The Kier molecular flexibility index (Phi) is 6.83. The monoisotopic (exact) mass is 394 g/mol. The van der Waals surface area contributed by atoms with Crippen LogP contribution >= 0.6 is 0 Å². The first-order valence-corrected chi connectivity index (χ1v) is 9.69. The number of aliphatic hydroxyl groups excluding tert-OH is 1. The molecule has 0 bridgehead atoms. The van der Waals surface area contributed by atoms with Gasteiger partial charge in [-0.15, -0.1) is 6.58 Å². The largest absolute Gasteiger partial charge is 0.393 e. The van der Waals surface area contributed by atoms with Gasteiger partial charge in [0.25, 0.3) is 0 Å². The first-order chi connectivity index (χ1) is 14.0. The molecule has 5 heteroatoms. The average molecular weight is 394 g/mol. The molecule has 1 N–H and O–H groups in total. The van der Waals surface area contributed by atoms with Crippen LogP contribution in [0.4, 0.5) is 8.78 Å². The molecule has 1 unspecified atom stereocenters. The predicted molar refractivity (Wildman–Crippen MR) is 113 cm³/mol. The minimum absolute atomic E-state index is 0.0818. The number of hydrogen-bond acceptors (Lipinski definition) is 3. The molecule has 3 aromatic rings. The predicted octanol–water partition coefficient (Wildman–Crippen LogP) is 5.87. The molecule has 0 spiro atoms. The van der Waals surface area contributed by atoms with E-state index in [-0.39, 0.29) is 22.9 Å². The number of unbranched alkanes of at least 4 members (excludes halogenated alkanes) is 1. The summed E-state index contributed by atoms with van der Waals surface area (Å²) in [6, 6.07) is 8.72. The van der Waals surface area contributed by atoms with Crippen LogP contribution in [0.15, 0.2) is 55.3 Å². The van der Waals surface area contributed by atoms with E-state index < -0.39 is 11.6 Å². The van der Waals surface area contributed by atoms with Gasteiger partial charge in [-0.1, -0.05) is 30.4 Å². The molecule has 0 saturated carbocycles. The van der Waals surface area contributed by atoms with Gasteiger partial charge in [0.05, 0.1) is 29.0 Å². The molecular formula is C24H24F2N2O. The molecule has 0 amide bonds. The van der Waals surface area contributed by atoms with E-state index in [1.807, 2.05) is 24.3 Å². The van der Waals surface area contributed by atoms with Crippen molar-refractivity contribution < 1.29 is 13.9 Å². The van der Waals surface area contributed by atoms with Gasteiger partial charge in [0.2, 0.25) is 0 Å². The Balaban J connectivity index is 1.83. The van der Waals surface area contributed by atoms with E-state index in [1.165, 1.54) is 18.3 Å². The molecular weight excluding hydrogens is 370 g/mol. The smallest absolute Gasteiger partial charge is 0.168 e. The van der Waals surface area contributed by atoms with Gasteiger partial charge in [-0.05, 0) is 56.4 Å². The third kappa shape index (κ3) is 5.12. The molecule has 3 nitrogen and oxygen atoms in total. The Morgan fingerprint density at radius 2 is 1.97 bits per heavy atom. The lowest BCUT2D eigenvalue weighted by Gasteiger charge is -2.07. The first kappa shape index (κ1) is 20.8. The number of fused-ring (bicyclic) bond motifs is 1. The van der Waals surface area contributed by atoms with Crippen molar-refractivity contribution >= 4 is 17.1 Å². The van der Waals surface area contributed by atoms with Crippen molar-refractivity contribution in [2.45, 2.75) is 38.7 Å². The summed E-state index contributed by atoms with van der Waals surface area (Å²) in [6.07, 6.45) is 9.16. The summed E-state index contributed by atoms with van der Waals surface area (Å²) in [7, 11) is 0. The number of halogens is 2. The standard InChI is InChI=1S/C24H24F2N2O/c1-3-7-17-10-13-20-21(14-17)27-15-22(28-20)19-12-11-18(23(25)24(19)26)9-6-4-5-8-16(2)29/h3,6,9-16,29H,1,4-5,7-8H2,2H3. The number of rotatable bonds is 8. The number of allylic oxidation sites excluding steroid dienone is 2. The van der Waals surface area contributed by atoms with Gasteiger partial charge >= 0.3 is 0 Å². The summed E-state index contributed by atoms with van der Waals surface area (Å²) < 4.78 is 29.2. The third-order valence-corrected chi connectivity index (χ3v) is 4.66. The highest BCUT2D eigenvalue weighted by molar-refractivity contribution is 5.78. The quantitative estimate of drug-likeness (QED) is 0.384. The molecule has 0 radical (unpaired) electrons. The topological polar surface area (TPSA) is 46.0 Å². The Morgan fingerprint density at radius 1 is 1.14 bits per heavy atom. The highest BCUT2D eigenvalue weighted by Gasteiger charge is 2.15. The zero-order valence-electron chi connectivity index (χ0n) is 16.4. The van der Waals surface area contributed by atoms with Crippen LogP contribution in [0.25, 0.3) is 28.4 Å². The lowest BCUT2D eigenvalue weighted by atomic mass is 10.1. The number of hydrogen-bond donors (Lipinski definition) is 1. The fraction of sp³-hybridized carbons (Fsp3) is 0.250. The van der Waals surface area contributed by atoms with Gasteiger partial charge in [-0.2, -0.15) is 0 Å².